The molecule has 118 valence electrons. The number of aliphatic imine (C=N–C) groups is 1. The Balaban J connectivity index is 0.00000400. The van der Waals surface area contributed by atoms with E-state index >= 15 is 0 Å². The van der Waals surface area contributed by atoms with Crippen LogP contribution in [0.3, 0.4) is 0 Å². The first-order valence-electron chi connectivity index (χ1n) is 6.70. The molecule has 0 bridgehead atoms. The van der Waals surface area contributed by atoms with Crippen LogP contribution in [-0.2, 0) is 0 Å². The van der Waals surface area contributed by atoms with Gasteiger partial charge in [-0.25, -0.2) is 4.39 Å². The van der Waals surface area contributed by atoms with Crippen LogP contribution in [0.1, 0.15) is 12.8 Å². The van der Waals surface area contributed by atoms with Gasteiger partial charge in [-0.1, -0.05) is 6.08 Å². The maximum atomic E-state index is 12.7. The van der Waals surface area contributed by atoms with Gasteiger partial charge in [0, 0.05) is 20.1 Å². The molecule has 0 amide bonds. The number of hydrogen-bond donors (Lipinski definition) is 2. The van der Waals surface area contributed by atoms with Gasteiger partial charge in [0.05, 0.1) is 6.61 Å². The fraction of sp³-hybridized carbons (Fsp3) is 0.400. The maximum absolute atomic E-state index is 12.7. The third kappa shape index (κ3) is 9.28. The first-order chi connectivity index (χ1) is 9.76. The molecule has 4 nitrogen and oxygen atoms in total. The molecule has 0 heterocycles. The highest BCUT2D eigenvalue weighted by molar-refractivity contribution is 14.0. The molecule has 0 aliphatic carbocycles. The number of halogens is 2. The number of guanidine groups is 1. The van der Waals surface area contributed by atoms with Crippen molar-refractivity contribution in [3.8, 4) is 5.75 Å². The predicted octanol–water partition coefficient (Wildman–Crippen LogP) is 2.95. The van der Waals surface area contributed by atoms with Crippen LogP contribution in [0.5, 0.6) is 5.75 Å². The largest absolute Gasteiger partial charge is 0.494 e. The van der Waals surface area contributed by atoms with Crippen molar-refractivity contribution in [2.45, 2.75) is 12.8 Å². The van der Waals surface area contributed by atoms with E-state index in [0.717, 1.165) is 25.3 Å². The summed E-state index contributed by atoms with van der Waals surface area (Å²) in [5, 5.41) is 6.29. The van der Waals surface area contributed by atoms with E-state index in [1.165, 1.54) is 12.1 Å². The minimum atomic E-state index is -0.250. The van der Waals surface area contributed by atoms with Gasteiger partial charge >= 0.3 is 0 Å². The lowest BCUT2D eigenvalue weighted by Gasteiger charge is -2.10. The van der Waals surface area contributed by atoms with E-state index in [1.807, 2.05) is 0 Å². The molecule has 21 heavy (non-hydrogen) atoms. The second kappa shape index (κ2) is 12.4. The van der Waals surface area contributed by atoms with Crippen LogP contribution in [0.4, 0.5) is 4.39 Å². The molecule has 1 aromatic rings. The standard InChI is InChI=1S/C15H22FN3O.HI/c1-3-10-18-15(17-2)19-11-4-5-12-20-14-8-6-13(16)7-9-14;/h3,6-9H,1,4-5,10-12H2,2H3,(H2,17,18,19);1H. The van der Waals surface area contributed by atoms with E-state index in [2.05, 4.69) is 22.2 Å². The van der Waals surface area contributed by atoms with Crippen molar-refractivity contribution in [1.82, 2.24) is 10.6 Å². The summed E-state index contributed by atoms with van der Waals surface area (Å²) in [5.74, 6) is 1.21. The van der Waals surface area contributed by atoms with E-state index in [1.54, 1.807) is 25.3 Å². The van der Waals surface area contributed by atoms with Crippen LogP contribution < -0.4 is 15.4 Å². The summed E-state index contributed by atoms with van der Waals surface area (Å²) >= 11 is 0. The average molecular weight is 407 g/mol. The van der Waals surface area contributed by atoms with Crippen molar-refractivity contribution in [1.29, 1.82) is 0 Å². The Morgan fingerprint density at radius 3 is 2.62 bits per heavy atom. The number of nitrogens with one attached hydrogen (secondary N) is 2. The SMILES string of the molecule is C=CCNC(=NC)NCCCCOc1ccc(F)cc1.I. The minimum Gasteiger partial charge on any atom is -0.494 e. The van der Waals surface area contributed by atoms with Gasteiger partial charge in [0.15, 0.2) is 5.96 Å². The first-order valence-corrected chi connectivity index (χ1v) is 6.70. The topological polar surface area (TPSA) is 45.7 Å². The molecular formula is C15H23FIN3O. The van der Waals surface area contributed by atoms with Gasteiger partial charge in [0.1, 0.15) is 11.6 Å². The summed E-state index contributed by atoms with van der Waals surface area (Å²) in [5.41, 5.74) is 0. The lowest BCUT2D eigenvalue weighted by molar-refractivity contribution is 0.306. The number of unbranched alkanes of at least 4 members (excludes halogenated alkanes) is 1. The van der Waals surface area contributed by atoms with E-state index < -0.39 is 0 Å². The summed E-state index contributed by atoms with van der Waals surface area (Å²) in [6, 6.07) is 6.06. The molecule has 0 spiro atoms. The smallest absolute Gasteiger partial charge is 0.191 e. The highest BCUT2D eigenvalue weighted by Gasteiger charge is 1.96. The Morgan fingerprint density at radius 1 is 1.29 bits per heavy atom. The van der Waals surface area contributed by atoms with Crippen molar-refractivity contribution in [2.24, 2.45) is 4.99 Å². The van der Waals surface area contributed by atoms with E-state index in [4.69, 9.17) is 4.74 Å². The summed E-state index contributed by atoms with van der Waals surface area (Å²) in [7, 11) is 1.73. The number of benzene rings is 1. The lowest BCUT2D eigenvalue weighted by Crippen LogP contribution is -2.37. The molecule has 0 unspecified atom stereocenters. The van der Waals surface area contributed by atoms with Crippen LogP contribution in [0.2, 0.25) is 0 Å². The second-order valence-corrected chi connectivity index (χ2v) is 4.18. The average Bonchev–Trinajstić information content (AvgIpc) is 2.47. The van der Waals surface area contributed by atoms with Gasteiger partial charge in [-0.05, 0) is 37.1 Å². The Bertz CT molecular complexity index is 423. The molecule has 0 saturated heterocycles. The monoisotopic (exact) mass is 407 g/mol. The van der Waals surface area contributed by atoms with E-state index in [0.29, 0.717) is 18.9 Å². The fourth-order valence-corrected chi connectivity index (χ4v) is 1.54. The van der Waals surface area contributed by atoms with Gasteiger partial charge in [-0.3, -0.25) is 4.99 Å². The summed E-state index contributed by atoms with van der Waals surface area (Å²) < 4.78 is 18.2. The van der Waals surface area contributed by atoms with Gasteiger partial charge in [-0.2, -0.15) is 0 Å². The first kappa shape index (κ1) is 19.7. The highest BCUT2D eigenvalue weighted by atomic mass is 127. The number of ether oxygens (including phenoxy) is 1. The highest BCUT2D eigenvalue weighted by Crippen LogP contribution is 2.11. The zero-order chi connectivity index (χ0) is 14.6. The molecule has 6 heteroatoms. The molecule has 1 rings (SSSR count). The van der Waals surface area contributed by atoms with Gasteiger partial charge in [0.2, 0.25) is 0 Å². The lowest BCUT2D eigenvalue weighted by atomic mass is 10.3. The van der Waals surface area contributed by atoms with Gasteiger partial charge < -0.3 is 15.4 Å². The van der Waals surface area contributed by atoms with Crippen LogP contribution in [0, 0.1) is 5.82 Å². The van der Waals surface area contributed by atoms with E-state index in [9.17, 15) is 4.39 Å². The second-order valence-electron chi connectivity index (χ2n) is 4.18. The van der Waals surface area contributed by atoms with Crippen LogP contribution >= 0.6 is 24.0 Å². The predicted molar refractivity (Wildman–Crippen MR) is 96.1 cm³/mol. The third-order valence-electron chi connectivity index (χ3n) is 2.58. The molecule has 0 saturated carbocycles. The molecule has 0 radical (unpaired) electrons. The number of hydrogen-bond acceptors (Lipinski definition) is 2. The minimum absolute atomic E-state index is 0. The fourth-order valence-electron chi connectivity index (χ4n) is 1.54. The van der Waals surface area contributed by atoms with E-state index in [-0.39, 0.29) is 29.8 Å². The van der Waals surface area contributed by atoms with Crippen LogP contribution in [0.25, 0.3) is 0 Å². The number of nitrogens with zero attached hydrogens (tertiary/aromatic N) is 1. The Kier molecular flexibility index (Phi) is 11.7. The van der Waals surface area contributed by atoms with Crippen LogP contribution in [-0.4, -0.2) is 32.7 Å². The molecule has 0 fully saturated rings. The van der Waals surface area contributed by atoms with Gasteiger partial charge in [0.25, 0.3) is 0 Å². The zero-order valence-electron chi connectivity index (χ0n) is 12.3. The van der Waals surface area contributed by atoms with Crippen molar-refractivity contribution < 1.29 is 9.13 Å². The molecule has 2 N–H and O–H groups in total. The maximum Gasteiger partial charge on any atom is 0.191 e. The summed E-state index contributed by atoms with van der Waals surface area (Å²) in [4.78, 5) is 4.08. The molecule has 0 aliphatic rings. The Morgan fingerprint density at radius 2 is 2.00 bits per heavy atom. The molecule has 0 atom stereocenters. The Labute approximate surface area is 142 Å². The van der Waals surface area contributed by atoms with Gasteiger partial charge in [-0.15, -0.1) is 30.6 Å². The van der Waals surface area contributed by atoms with Crippen molar-refractivity contribution in [2.75, 3.05) is 26.7 Å². The molecular weight excluding hydrogens is 384 g/mol. The summed E-state index contributed by atoms with van der Waals surface area (Å²) in [6.07, 6.45) is 3.67. The quantitative estimate of drug-likeness (QED) is 0.229. The third-order valence-corrected chi connectivity index (χ3v) is 2.58. The van der Waals surface area contributed by atoms with Crippen molar-refractivity contribution in [3.05, 3.63) is 42.7 Å². The van der Waals surface area contributed by atoms with Crippen LogP contribution in [0.15, 0.2) is 41.9 Å². The molecule has 0 aliphatic heterocycles. The van der Waals surface area contributed by atoms with Crippen molar-refractivity contribution in [3.63, 3.8) is 0 Å². The Hall–Kier alpha value is -1.31. The number of rotatable bonds is 8. The van der Waals surface area contributed by atoms with Crippen molar-refractivity contribution >= 4 is 29.9 Å². The normalized spacial score (nSPS) is 10.5. The summed E-state index contributed by atoms with van der Waals surface area (Å²) in [6.45, 7) is 5.76. The molecule has 1 aromatic carbocycles. The molecule has 0 aromatic heterocycles. The zero-order valence-corrected chi connectivity index (χ0v) is 14.6.